The quantitative estimate of drug-likeness (QED) is 0.552. The number of hydrogen-bond donors (Lipinski definition) is 2. The van der Waals surface area contributed by atoms with Gasteiger partial charge in [0.25, 0.3) is 17.5 Å². The molecule has 2 aliphatic heterocycles. The van der Waals surface area contributed by atoms with Crippen molar-refractivity contribution in [2.75, 3.05) is 13.7 Å². The first-order valence-electron chi connectivity index (χ1n) is 8.00. The van der Waals surface area contributed by atoms with E-state index in [0.717, 1.165) is 0 Å². The summed E-state index contributed by atoms with van der Waals surface area (Å²) in [5.74, 6) is -1.65. The van der Waals surface area contributed by atoms with E-state index in [1.165, 1.54) is 23.8 Å². The van der Waals surface area contributed by atoms with E-state index in [1.807, 2.05) is 6.07 Å². The zero-order valence-electron chi connectivity index (χ0n) is 14.6. The molecular weight excluding hydrogens is 360 g/mol. The molecule has 1 unspecified atom stereocenters. The lowest BCUT2D eigenvalue weighted by molar-refractivity contribution is -0.201. The average molecular weight is 380 g/mol. The lowest BCUT2D eigenvalue weighted by Gasteiger charge is -2.51. The second kappa shape index (κ2) is 6.48. The molecule has 3 atom stereocenters. The zero-order chi connectivity index (χ0) is 19.1. The molecule has 0 radical (unpaired) electrons. The number of ether oxygens (including phenoxy) is 2. The van der Waals surface area contributed by atoms with Crippen LogP contribution in [0.25, 0.3) is 0 Å². The van der Waals surface area contributed by atoms with Crippen molar-refractivity contribution in [1.82, 2.24) is 10.2 Å². The van der Waals surface area contributed by atoms with Crippen LogP contribution in [0.5, 0.6) is 5.75 Å². The lowest BCUT2D eigenvalue weighted by atomic mass is 9.93. The first-order valence-corrected chi connectivity index (χ1v) is 8.88. The molecule has 0 spiro atoms. The number of fused-ring (bicyclic) bond motifs is 1. The topological polar surface area (TPSA) is 105 Å². The highest BCUT2D eigenvalue weighted by atomic mass is 32.2. The van der Waals surface area contributed by atoms with Gasteiger partial charge in [0.2, 0.25) is 0 Å². The third kappa shape index (κ3) is 2.80. The van der Waals surface area contributed by atoms with Gasteiger partial charge >= 0.3 is 5.97 Å². The Hall–Kier alpha value is -2.26. The molecule has 2 amide bonds. The molecule has 1 aromatic carbocycles. The Bertz CT molecular complexity index is 740. The molecule has 2 fully saturated rings. The summed E-state index contributed by atoms with van der Waals surface area (Å²) in [5, 5.41) is 11.4. The normalized spacial score (nSPS) is 28.9. The number of carbonyl (C=O) groups excluding carboxylic acids is 2. The van der Waals surface area contributed by atoms with Gasteiger partial charge in [0.15, 0.2) is 6.61 Å². The second-order valence-corrected chi connectivity index (χ2v) is 8.35. The fourth-order valence-electron chi connectivity index (χ4n) is 3.29. The number of rotatable bonds is 6. The molecule has 2 N–H and O–H groups in total. The van der Waals surface area contributed by atoms with Crippen molar-refractivity contribution in [2.24, 2.45) is 0 Å². The van der Waals surface area contributed by atoms with E-state index in [4.69, 9.17) is 9.47 Å². The number of β-lactam (4-membered cyclic amide) rings is 1. The smallest absolute Gasteiger partial charge is 0.327 e. The molecule has 0 aromatic heterocycles. The summed E-state index contributed by atoms with van der Waals surface area (Å²) in [6.07, 6.45) is 0. The SMILES string of the molecule is COC1(NC(=O)COc2ccccc2)C(=O)N2[C@@H](C(=O)O)C(C)(C)S[C@@H]21. The van der Waals surface area contributed by atoms with Gasteiger partial charge in [0.05, 0.1) is 0 Å². The van der Waals surface area contributed by atoms with E-state index in [9.17, 15) is 19.5 Å². The van der Waals surface area contributed by atoms with E-state index in [0.29, 0.717) is 5.75 Å². The van der Waals surface area contributed by atoms with Crippen LogP contribution in [-0.4, -0.2) is 63.4 Å². The maximum atomic E-state index is 12.7. The molecule has 0 aliphatic carbocycles. The Morgan fingerprint density at radius 1 is 1.31 bits per heavy atom. The molecule has 3 rings (SSSR count). The van der Waals surface area contributed by atoms with Gasteiger partial charge in [0.1, 0.15) is 17.2 Å². The Labute approximate surface area is 154 Å². The maximum Gasteiger partial charge on any atom is 0.327 e. The third-order valence-electron chi connectivity index (χ3n) is 4.50. The number of benzene rings is 1. The highest BCUT2D eigenvalue weighted by Gasteiger charge is 2.73. The molecule has 2 saturated heterocycles. The number of hydrogen-bond acceptors (Lipinski definition) is 6. The fourth-order valence-corrected chi connectivity index (χ4v) is 4.96. The summed E-state index contributed by atoms with van der Waals surface area (Å²) in [6, 6.07) is 7.82. The minimum atomic E-state index is -1.58. The number of carbonyl (C=O) groups is 3. The zero-order valence-corrected chi connectivity index (χ0v) is 15.4. The summed E-state index contributed by atoms with van der Waals surface area (Å²) in [6.45, 7) is 3.22. The maximum absolute atomic E-state index is 12.7. The summed E-state index contributed by atoms with van der Waals surface area (Å²) in [5.41, 5.74) is -1.58. The predicted octanol–water partition coefficient (Wildman–Crippen LogP) is 0.671. The van der Waals surface area contributed by atoms with Crippen LogP contribution in [0, 0.1) is 0 Å². The van der Waals surface area contributed by atoms with Crippen molar-refractivity contribution < 1.29 is 29.0 Å². The summed E-state index contributed by atoms with van der Waals surface area (Å²) in [4.78, 5) is 37.8. The molecule has 1 aromatic rings. The Kier molecular flexibility index (Phi) is 4.61. The number of nitrogens with one attached hydrogen (secondary N) is 1. The first-order chi connectivity index (χ1) is 12.2. The summed E-state index contributed by atoms with van der Waals surface area (Å²) in [7, 11) is 1.31. The molecule has 2 aliphatic rings. The Morgan fingerprint density at radius 2 is 1.96 bits per heavy atom. The molecule has 2 heterocycles. The molecular formula is C17H20N2O6S. The third-order valence-corrected chi connectivity index (χ3v) is 6.11. The van der Waals surface area contributed by atoms with Crippen molar-refractivity contribution in [3.63, 3.8) is 0 Å². The van der Waals surface area contributed by atoms with Crippen molar-refractivity contribution in [3.8, 4) is 5.75 Å². The van der Waals surface area contributed by atoms with E-state index < -0.39 is 39.7 Å². The van der Waals surface area contributed by atoms with Gasteiger partial charge in [-0.3, -0.25) is 9.59 Å². The standard InChI is InChI=1S/C17H20N2O6S/c1-16(2)12(13(21)22)19-14(23)17(24-3,15(19)26-16)18-11(20)9-25-10-7-5-4-6-8-10/h4-8,12,15H,9H2,1-3H3,(H,18,20)(H,21,22)/t12-,15+,17?/m0/s1. The van der Waals surface area contributed by atoms with Crippen LogP contribution < -0.4 is 10.1 Å². The number of aliphatic carboxylic acids is 1. The fraction of sp³-hybridized carbons (Fsp3) is 0.471. The molecule has 26 heavy (non-hydrogen) atoms. The van der Waals surface area contributed by atoms with Crippen LogP contribution in [0.1, 0.15) is 13.8 Å². The van der Waals surface area contributed by atoms with Crippen LogP contribution in [0.4, 0.5) is 0 Å². The highest BCUT2D eigenvalue weighted by Crippen LogP contribution is 2.55. The highest BCUT2D eigenvalue weighted by molar-refractivity contribution is 8.01. The van der Waals surface area contributed by atoms with E-state index in [1.54, 1.807) is 38.1 Å². The molecule has 140 valence electrons. The Balaban J connectivity index is 1.71. The molecule has 8 nitrogen and oxygen atoms in total. The van der Waals surface area contributed by atoms with Gasteiger partial charge < -0.3 is 24.8 Å². The number of carboxylic acids is 1. The minimum absolute atomic E-state index is 0.286. The molecule has 9 heteroatoms. The van der Waals surface area contributed by atoms with Gasteiger partial charge in [-0.05, 0) is 26.0 Å². The van der Waals surface area contributed by atoms with Gasteiger partial charge in [-0.25, -0.2) is 4.79 Å². The molecule has 0 bridgehead atoms. The van der Waals surface area contributed by atoms with Crippen molar-refractivity contribution in [1.29, 1.82) is 0 Å². The van der Waals surface area contributed by atoms with E-state index >= 15 is 0 Å². The number of thioether (sulfide) groups is 1. The number of carboxylic acid groups (broad SMARTS) is 1. The van der Waals surface area contributed by atoms with Crippen molar-refractivity contribution in [2.45, 2.75) is 35.7 Å². The van der Waals surface area contributed by atoms with Gasteiger partial charge in [0, 0.05) is 11.9 Å². The van der Waals surface area contributed by atoms with Crippen molar-refractivity contribution in [3.05, 3.63) is 30.3 Å². The van der Waals surface area contributed by atoms with Crippen molar-refractivity contribution >= 4 is 29.5 Å². The average Bonchev–Trinajstić information content (AvgIpc) is 2.88. The number of nitrogens with zero attached hydrogens (tertiary/aromatic N) is 1. The van der Waals surface area contributed by atoms with E-state index in [-0.39, 0.29) is 6.61 Å². The Morgan fingerprint density at radius 3 is 2.54 bits per heavy atom. The largest absolute Gasteiger partial charge is 0.484 e. The number of methoxy groups -OCH3 is 1. The summed E-state index contributed by atoms with van der Waals surface area (Å²) < 4.78 is 10.0. The van der Waals surface area contributed by atoms with Gasteiger partial charge in [-0.1, -0.05) is 18.2 Å². The lowest BCUT2D eigenvalue weighted by Crippen LogP contribution is -2.80. The van der Waals surface area contributed by atoms with Crippen LogP contribution >= 0.6 is 11.8 Å². The van der Waals surface area contributed by atoms with Gasteiger partial charge in [-0.2, -0.15) is 0 Å². The second-order valence-electron chi connectivity index (χ2n) is 6.62. The van der Waals surface area contributed by atoms with Crippen LogP contribution in [0.15, 0.2) is 30.3 Å². The summed E-state index contributed by atoms with van der Waals surface area (Å²) >= 11 is 1.29. The predicted molar refractivity (Wildman–Crippen MR) is 93.5 cm³/mol. The van der Waals surface area contributed by atoms with E-state index in [2.05, 4.69) is 5.32 Å². The number of amides is 2. The van der Waals surface area contributed by atoms with Crippen LogP contribution in [-0.2, 0) is 19.1 Å². The first kappa shape index (κ1) is 18.5. The minimum Gasteiger partial charge on any atom is -0.484 e. The van der Waals surface area contributed by atoms with Crippen LogP contribution in [0.2, 0.25) is 0 Å². The number of para-hydroxylation sites is 1. The van der Waals surface area contributed by atoms with Crippen LogP contribution in [0.3, 0.4) is 0 Å². The molecule has 0 saturated carbocycles. The van der Waals surface area contributed by atoms with Gasteiger partial charge in [-0.15, -0.1) is 11.8 Å². The monoisotopic (exact) mass is 380 g/mol.